The maximum atomic E-state index is 13.2. The minimum atomic E-state index is -3.39. The molecule has 3 aromatic rings. The lowest BCUT2D eigenvalue weighted by Crippen LogP contribution is -2.29. The van der Waals surface area contributed by atoms with Crippen molar-refractivity contribution in [1.82, 2.24) is 9.78 Å². The minimum absolute atomic E-state index is 0.0207. The number of non-ortho nitro benzene ring substituents is 1. The molecule has 11 nitrogen and oxygen atoms in total. The molecule has 0 saturated carbocycles. The molecule has 2 aromatic carbocycles. The lowest BCUT2D eigenvalue weighted by molar-refractivity contribution is -0.384. The third kappa shape index (κ3) is 3.92. The number of nitro benzene ring substituents is 1. The van der Waals surface area contributed by atoms with Crippen molar-refractivity contribution in [3.63, 3.8) is 0 Å². The van der Waals surface area contributed by atoms with Crippen molar-refractivity contribution in [2.24, 2.45) is 5.92 Å². The van der Waals surface area contributed by atoms with E-state index < -0.39 is 26.6 Å². The SMILES string of the molecule is O=C(Nc1c2c(nn1-c1ccc([N+](=O)[O-])cc1)CS(=O)(=O)C2)C1CC(=O)N(c2ccccc2)C1. The van der Waals surface area contributed by atoms with Gasteiger partial charge >= 0.3 is 0 Å². The summed E-state index contributed by atoms with van der Waals surface area (Å²) < 4.78 is 25.7. The van der Waals surface area contributed by atoms with Crippen LogP contribution in [0.5, 0.6) is 0 Å². The van der Waals surface area contributed by atoms with Gasteiger partial charge < -0.3 is 10.2 Å². The van der Waals surface area contributed by atoms with Crippen molar-refractivity contribution in [2.45, 2.75) is 17.9 Å². The van der Waals surface area contributed by atoms with Crippen LogP contribution in [0.1, 0.15) is 17.7 Å². The second-order valence-electron chi connectivity index (χ2n) is 8.22. The van der Waals surface area contributed by atoms with E-state index >= 15 is 0 Å². The van der Waals surface area contributed by atoms with Gasteiger partial charge in [-0.3, -0.25) is 19.7 Å². The highest BCUT2D eigenvalue weighted by Crippen LogP contribution is 2.34. The van der Waals surface area contributed by atoms with Crippen molar-refractivity contribution in [3.05, 3.63) is 76.0 Å². The quantitative estimate of drug-likeness (QED) is 0.434. The minimum Gasteiger partial charge on any atom is -0.312 e. The molecule has 1 N–H and O–H groups in total. The van der Waals surface area contributed by atoms with Crippen LogP contribution in [0, 0.1) is 16.0 Å². The number of nitrogens with zero attached hydrogens (tertiary/aromatic N) is 4. The smallest absolute Gasteiger partial charge is 0.269 e. The summed E-state index contributed by atoms with van der Waals surface area (Å²) in [6.45, 7) is 0.195. The summed E-state index contributed by atoms with van der Waals surface area (Å²) in [7, 11) is -3.39. The zero-order chi connectivity index (χ0) is 24.0. The van der Waals surface area contributed by atoms with Gasteiger partial charge in [0.05, 0.1) is 33.7 Å². The van der Waals surface area contributed by atoms with E-state index in [1.54, 1.807) is 17.0 Å². The highest BCUT2D eigenvalue weighted by molar-refractivity contribution is 7.90. The summed E-state index contributed by atoms with van der Waals surface area (Å²) in [5.74, 6) is -1.58. The number of nitrogens with one attached hydrogen (secondary N) is 1. The van der Waals surface area contributed by atoms with Crippen LogP contribution in [-0.2, 0) is 30.9 Å². The number of rotatable bonds is 5. The van der Waals surface area contributed by atoms with Crippen LogP contribution in [0.3, 0.4) is 0 Å². The predicted molar refractivity (Wildman–Crippen MR) is 122 cm³/mol. The van der Waals surface area contributed by atoms with Crippen molar-refractivity contribution < 1.29 is 22.9 Å². The lowest BCUT2D eigenvalue weighted by atomic mass is 10.1. The molecule has 0 aliphatic carbocycles. The van der Waals surface area contributed by atoms with E-state index in [0.29, 0.717) is 22.6 Å². The van der Waals surface area contributed by atoms with Crippen molar-refractivity contribution in [2.75, 3.05) is 16.8 Å². The zero-order valence-corrected chi connectivity index (χ0v) is 18.6. The third-order valence-corrected chi connectivity index (χ3v) is 7.34. The molecule has 0 radical (unpaired) electrons. The zero-order valence-electron chi connectivity index (χ0n) is 17.7. The first-order chi connectivity index (χ1) is 16.2. The lowest BCUT2D eigenvalue weighted by Gasteiger charge is -2.17. The number of para-hydroxylation sites is 1. The number of nitro groups is 1. The van der Waals surface area contributed by atoms with E-state index in [4.69, 9.17) is 0 Å². The molecule has 2 amide bonds. The third-order valence-electron chi connectivity index (χ3n) is 5.90. The van der Waals surface area contributed by atoms with Crippen LogP contribution in [0.15, 0.2) is 54.6 Å². The first-order valence-corrected chi connectivity index (χ1v) is 12.3. The summed E-state index contributed by atoms with van der Waals surface area (Å²) in [6.07, 6.45) is 0.0207. The van der Waals surface area contributed by atoms with Crippen LogP contribution < -0.4 is 10.2 Å². The molecule has 174 valence electrons. The largest absolute Gasteiger partial charge is 0.312 e. The summed E-state index contributed by atoms with van der Waals surface area (Å²) >= 11 is 0. The summed E-state index contributed by atoms with van der Waals surface area (Å²) in [6, 6.07) is 14.6. The number of aromatic nitrogens is 2. The Bertz CT molecular complexity index is 1420. The molecule has 2 aliphatic heterocycles. The van der Waals surface area contributed by atoms with Crippen LogP contribution in [0.4, 0.5) is 17.2 Å². The normalized spacial score (nSPS) is 18.6. The fraction of sp³-hybridized carbons (Fsp3) is 0.227. The highest BCUT2D eigenvalue weighted by atomic mass is 32.2. The fourth-order valence-electron chi connectivity index (χ4n) is 4.23. The second kappa shape index (κ2) is 8.06. The molecule has 0 bridgehead atoms. The van der Waals surface area contributed by atoms with Crippen LogP contribution >= 0.6 is 0 Å². The number of amides is 2. The standard InChI is InChI=1S/C22H19N5O6S/c28-20-10-14(11-25(20)15-4-2-1-3-5-15)22(29)23-21-18-12-34(32,33)13-19(18)24-26(21)16-6-8-17(9-7-16)27(30)31/h1-9,14H,10-13H2,(H,23,29). The highest BCUT2D eigenvalue weighted by Gasteiger charge is 2.38. The number of hydrogen-bond donors (Lipinski definition) is 1. The molecule has 2 aliphatic rings. The van der Waals surface area contributed by atoms with E-state index in [-0.39, 0.29) is 41.9 Å². The van der Waals surface area contributed by atoms with Gasteiger partial charge in [-0.25, -0.2) is 13.1 Å². The van der Waals surface area contributed by atoms with E-state index in [2.05, 4.69) is 10.4 Å². The van der Waals surface area contributed by atoms with Gasteiger partial charge in [0.2, 0.25) is 11.8 Å². The van der Waals surface area contributed by atoms with Gasteiger partial charge in [-0.1, -0.05) is 18.2 Å². The molecule has 1 aromatic heterocycles. The molecule has 1 fully saturated rings. The molecule has 1 unspecified atom stereocenters. The van der Waals surface area contributed by atoms with Crippen LogP contribution in [-0.4, -0.2) is 41.5 Å². The molecule has 1 saturated heterocycles. The number of anilines is 2. The number of fused-ring (bicyclic) bond motifs is 1. The summed E-state index contributed by atoms with van der Waals surface area (Å²) in [5.41, 5.74) is 1.73. The Labute approximate surface area is 194 Å². The van der Waals surface area contributed by atoms with E-state index in [0.717, 1.165) is 0 Å². The Morgan fingerprint density at radius 2 is 1.76 bits per heavy atom. The number of carbonyl (C=O) groups is 2. The van der Waals surface area contributed by atoms with Gasteiger partial charge in [-0.2, -0.15) is 5.10 Å². The van der Waals surface area contributed by atoms with Gasteiger partial charge in [0.15, 0.2) is 9.84 Å². The van der Waals surface area contributed by atoms with Crippen molar-refractivity contribution in [3.8, 4) is 5.69 Å². The predicted octanol–water partition coefficient (Wildman–Crippen LogP) is 2.20. The van der Waals surface area contributed by atoms with Gasteiger partial charge in [0.25, 0.3) is 5.69 Å². The molecular weight excluding hydrogens is 462 g/mol. The maximum Gasteiger partial charge on any atom is 0.269 e. The van der Waals surface area contributed by atoms with Crippen molar-refractivity contribution >= 4 is 38.8 Å². The monoisotopic (exact) mass is 481 g/mol. The fourth-order valence-corrected chi connectivity index (χ4v) is 5.73. The maximum absolute atomic E-state index is 13.2. The Morgan fingerprint density at radius 1 is 1.06 bits per heavy atom. The molecule has 3 heterocycles. The topological polar surface area (TPSA) is 145 Å². The van der Waals surface area contributed by atoms with Gasteiger partial charge in [0.1, 0.15) is 5.82 Å². The van der Waals surface area contributed by atoms with Gasteiger partial charge in [-0.15, -0.1) is 0 Å². The Kier molecular flexibility index (Phi) is 5.16. The first-order valence-electron chi connectivity index (χ1n) is 10.4. The number of hydrogen-bond acceptors (Lipinski definition) is 7. The van der Waals surface area contributed by atoms with Crippen molar-refractivity contribution in [1.29, 1.82) is 0 Å². The van der Waals surface area contributed by atoms with Gasteiger partial charge in [0, 0.05) is 36.3 Å². The summed E-state index contributed by atoms with van der Waals surface area (Å²) in [5, 5.41) is 18.1. The molecular formula is C22H19N5O6S. The molecule has 12 heteroatoms. The van der Waals surface area contributed by atoms with E-state index in [1.807, 2.05) is 18.2 Å². The summed E-state index contributed by atoms with van der Waals surface area (Å²) in [4.78, 5) is 37.7. The van der Waals surface area contributed by atoms with Gasteiger partial charge in [-0.05, 0) is 24.3 Å². The average Bonchev–Trinajstić information content (AvgIpc) is 3.44. The van der Waals surface area contributed by atoms with E-state index in [1.165, 1.54) is 28.9 Å². The number of benzene rings is 2. The molecule has 1 atom stereocenters. The average molecular weight is 481 g/mol. The number of carbonyl (C=O) groups excluding carboxylic acids is 2. The molecule has 0 spiro atoms. The Morgan fingerprint density at radius 3 is 2.44 bits per heavy atom. The van der Waals surface area contributed by atoms with Crippen LogP contribution in [0.2, 0.25) is 0 Å². The first kappa shape index (κ1) is 21.8. The van der Waals surface area contributed by atoms with Crippen LogP contribution in [0.25, 0.3) is 5.69 Å². The second-order valence-corrected chi connectivity index (χ2v) is 10.3. The van der Waals surface area contributed by atoms with E-state index in [9.17, 15) is 28.1 Å². The number of sulfone groups is 1. The Balaban J connectivity index is 1.44. The Hall–Kier alpha value is -4.06. The molecule has 34 heavy (non-hydrogen) atoms. The molecule has 5 rings (SSSR count).